The number of aromatic amines is 1. The van der Waals surface area contributed by atoms with Crippen molar-refractivity contribution < 1.29 is 14.9 Å². The zero-order chi connectivity index (χ0) is 24.1. The average Bonchev–Trinajstić information content (AvgIpc) is 3.67. The maximum absolute atomic E-state index is 13.3. The summed E-state index contributed by atoms with van der Waals surface area (Å²) < 4.78 is 8.05. The summed E-state index contributed by atoms with van der Waals surface area (Å²) in [6.07, 6.45) is 2.41. The van der Waals surface area contributed by atoms with E-state index in [0.29, 0.717) is 23.2 Å². The molecule has 0 atom stereocenters. The van der Waals surface area contributed by atoms with Crippen molar-refractivity contribution in [3.05, 3.63) is 85.7 Å². The Morgan fingerprint density at radius 3 is 2.32 bits per heavy atom. The predicted molar refractivity (Wildman–Crippen MR) is 127 cm³/mol. The average molecular weight is 487 g/mol. The van der Waals surface area contributed by atoms with Crippen LogP contribution < -0.4 is 21.7 Å². The summed E-state index contributed by atoms with van der Waals surface area (Å²) in [6, 6.07) is 14.1. The van der Waals surface area contributed by atoms with Crippen molar-refractivity contribution in [1.82, 2.24) is 14.1 Å². The summed E-state index contributed by atoms with van der Waals surface area (Å²) in [5.41, 5.74) is 0.129. The number of halogens is 1. The van der Waals surface area contributed by atoms with Crippen LogP contribution >= 0.6 is 11.6 Å². The number of hydrogen-bond donors (Lipinski definition) is 3. The molecular formula is C24H27ClN4O5. The van der Waals surface area contributed by atoms with Gasteiger partial charge < -0.3 is 14.9 Å². The van der Waals surface area contributed by atoms with Crippen molar-refractivity contribution in [2.45, 2.75) is 25.9 Å². The second kappa shape index (κ2) is 10.9. The van der Waals surface area contributed by atoms with Crippen molar-refractivity contribution >= 4 is 17.3 Å². The second-order valence-electron chi connectivity index (χ2n) is 8.45. The molecule has 0 amide bonds. The fourth-order valence-electron chi connectivity index (χ4n) is 3.39. The molecule has 1 fully saturated rings. The molecule has 0 radical (unpaired) electrons. The van der Waals surface area contributed by atoms with Crippen LogP contribution in [0, 0.1) is 11.8 Å². The van der Waals surface area contributed by atoms with Crippen LogP contribution in [-0.4, -0.2) is 44.2 Å². The molecule has 10 heteroatoms. The Bertz CT molecular complexity index is 1290. The molecule has 34 heavy (non-hydrogen) atoms. The Labute approximate surface area is 200 Å². The summed E-state index contributed by atoms with van der Waals surface area (Å²) in [5.74, 6) is 0.737. The Morgan fingerprint density at radius 2 is 1.71 bits per heavy atom. The minimum absolute atomic E-state index is 0.0809. The van der Waals surface area contributed by atoms with Gasteiger partial charge in [0, 0.05) is 30.7 Å². The minimum atomic E-state index is -0.674. The number of nitrogens with zero attached hydrogens (tertiary/aromatic N) is 3. The first kappa shape index (κ1) is 24.0. The molecule has 1 heterocycles. The highest BCUT2D eigenvalue weighted by Crippen LogP contribution is 2.29. The van der Waals surface area contributed by atoms with E-state index >= 15 is 0 Å². The van der Waals surface area contributed by atoms with Crippen LogP contribution in [0.5, 0.6) is 5.75 Å². The minimum Gasteiger partial charge on any atom is -0.493 e. The van der Waals surface area contributed by atoms with Crippen LogP contribution in [-0.2, 0) is 13.1 Å². The summed E-state index contributed by atoms with van der Waals surface area (Å²) in [5, 5.41) is 19.4. The quantitative estimate of drug-likeness (QED) is 0.402. The van der Waals surface area contributed by atoms with Gasteiger partial charge in [0.05, 0.1) is 18.8 Å². The summed E-state index contributed by atoms with van der Waals surface area (Å²) in [7, 11) is 0. The van der Waals surface area contributed by atoms with Gasteiger partial charge >= 0.3 is 11.4 Å². The normalized spacial score (nSPS) is 14.1. The van der Waals surface area contributed by atoms with E-state index in [1.807, 2.05) is 0 Å². The molecular weight excluding hydrogens is 460 g/mol. The molecule has 2 aromatic carbocycles. The molecule has 4 rings (SSSR count). The van der Waals surface area contributed by atoms with E-state index in [1.54, 1.807) is 48.5 Å². The van der Waals surface area contributed by atoms with E-state index in [9.17, 15) is 19.8 Å². The van der Waals surface area contributed by atoms with Gasteiger partial charge in [0.15, 0.2) is 0 Å². The van der Waals surface area contributed by atoms with Crippen molar-refractivity contribution in [1.29, 1.82) is 0 Å². The highest BCUT2D eigenvalue weighted by molar-refractivity contribution is 6.30. The van der Waals surface area contributed by atoms with E-state index in [4.69, 9.17) is 16.3 Å². The zero-order valence-electron chi connectivity index (χ0n) is 18.6. The Balaban J connectivity index is 1.72. The van der Waals surface area contributed by atoms with Crippen LogP contribution in [0.2, 0.25) is 5.02 Å². The third kappa shape index (κ3) is 6.05. The first-order chi connectivity index (χ1) is 16.5. The summed E-state index contributed by atoms with van der Waals surface area (Å²) in [4.78, 5) is 33.2. The van der Waals surface area contributed by atoms with Crippen LogP contribution in [0.25, 0.3) is 0 Å². The molecule has 1 aliphatic rings. The number of H-pyrrole nitrogens is 1. The number of aliphatic hydroxyl groups excluding tert-OH is 2. The highest BCUT2D eigenvalue weighted by atomic mass is 35.5. The molecule has 180 valence electrons. The van der Waals surface area contributed by atoms with Gasteiger partial charge in [-0.2, -0.15) is 0 Å². The summed E-state index contributed by atoms with van der Waals surface area (Å²) in [6.45, 7) is -0.0142. The molecule has 1 saturated carbocycles. The molecule has 3 aromatic rings. The predicted octanol–water partition coefficient (Wildman–Crippen LogP) is 1.66. The molecule has 0 bridgehead atoms. The van der Waals surface area contributed by atoms with Crippen molar-refractivity contribution in [2.75, 3.05) is 19.8 Å². The number of nitrogens with one attached hydrogen (secondary N) is 1. The van der Waals surface area contributed by atoms with Gasteiger partial charge in [-0.1, -0.05) is 23.7 Å². The van der Waals surface area contributed by atoms with Gasteiger partial charge in [-0.05, 0) is 60.7 Å². The lowest BCUT2D eigenvalue weighted by Crippen LogP contribution is -2.51. The SMILES string of the molecule is O=c1[nH]/c(=N\c2ccc(OCC3CC3)cc2)n(Cc2ccc(Cl)cc2)c(=O)n1CC(CO)CO. The van der Waals surface area contributed by atoms with E-state index in [-0.39, 0.29) is 31.9 Å². The number of hydrogen-bond acceptors (Lipinski definition) is 6. The Hall–Kier alpha value is -3.14. The van der Waals surface area contributed by atoms with Gasteiger partial charge in [-0.15, -0.1) is 0 Å². The molecule has 0 unspecified atom stereocenters. The van der Waals surface area contributed by atoms with Crippen LogP contribution in [0.1, 0.15) is 18.4 Å². The molecule has 0 spiro atoms. The number of benzene rings is 2. The molecule has 1 aliphatic carbocycles. The first-order valence-electron chi connectivity index (χ1n) is 11.1. The van der Waals surface area contributed by atoms with Crippen molar-refractivity contribution in [2.24, 2.45) is 16.8 Å². The molecule has 9 nitrogen and oxygen atoms in total. The van der Waals surface area contributed by atoms with Crippen LogP contribution in [0.15, 0.2) is 63.1 Å². The molecule has 0 aliphatic heterocycles. The lowest BCUT2D eigenvalue weighted by Gasteiger charge is -2.15. The number of aliphatic hydroxyl groups is 2. The Kier molecular flexibility index (Phi) is 7.66. The fraction of sp³-hybridized carbons (Fsp3) is 0.375. The lowest BCUT2D eigenvalue weighted by atomic mass is 10.2. The monoisotopic (exact) mass is 486 g/mol. The van der Waals surface area contributed by atoms with Gasteiger partial charge in [0.1, 0.15) is 5.75 Å². The zero-order valence-corrected chi connectivity index (χ0v) is 19.3. The molecule has 0 saturated heterocycles. The van der Waals surface area contributed by atoms with Crippen LogP contribution in [0.3, 0.4) is 0 Å². The largest absolute Gasteiger partial charge is 0.493 e. The van der Waals surface area contributed by atoms with Gasteiger partial charge in [-0.3, -0.25) is 9.55 Å². The van der Waals surface area contributed by atoms with Gasteiger partial charge in [0.25, 0.3) is 0 Å². The third-order valence-electron chi connectivity index (χ3n) is 5.65. The third-order valence-corrected chi connectivity index (χ3v) is 5.90. The number of ether oxygens (including phenoxy) is 1. The van der Waals surface area contributed by atoms with E-state index < -0.39 is 17.3 Å². The topological polar surface area (TPSA) is 122 Å². The smallest absolute Gasteiger partial charge is 0.335 e. The highest BCUT2D eigenvalue weighted by Gasteiger charge is 2.21. The van der Waals surface area contributed by atoms with Gasteiger partial charge in [-0.25, -0.2) is 19.1 Å². The maximum atomic E-state index is 13.3. The standard InChI is InChI=1S/C24H27ClN4O5/c25-19-5-3-16(4-6-19)11-28-22(27-23(32)29(24(28)33)12-18(13-30)14-31)26-20-7-9-21(10-8-20)34-15-17-1-2-17/h3-10,17-18,30-31H,1-2,11-15H2,(H,26,27,32). The fourth-order valence-corrected chi connectivity index (χ4v) is 3.51. The van der Waals surface area contributed by atoms with Crippen molar-refractivity contribution in [3.8, 4) is 5.75 Å². The van der Waals surface area contributed by atoms with Gasteiger partial charge in [0.2, 0.25) is 5.62 Å². The molecule has 1 aromatic heterocycles. The molecule has 3 N–H and O–H groups in total. The Morgan fingerprint density at radius 1 is 1.03 bits per heavy atom. The first-order valence-corrected chi connectivity index (χ1v) is 11.5. The van der Waals surface area contributed by atoms with E-state index in [2.05, 4.69) is 9.98 Å². The van der Waals surface area contributed by atoms with E-state index in [1.165, 1.54) is 17.4 Å². The van der Waals surface area contributed by atoms with Crippen molar-refractivity contribution in [3.63, 3.8) is 0 Å². The maximum Gasteiger partial charge on any atom is 0.335 e. The second-order valence-corrected chi connectivity index (χ2v) is 8.89. The lowest BCUT2D eigenvalue weighted by molar-refractivity contribution is 0.134. The number of rotatable bonds is 10. The van der Waals surface area contributed by atoms with Crippen LogP contribution in [0.4, 0.5) is 5.69 Å². The number of aromatic nitrogens is 3. The van der Waals surface area contributed by atoms with E-state index in [0.717, 1.165) is 15.9 Å². The summed E-state index contributed by atoms with van der Waals surface area (Å²) >= 11 is 5.98.